The molecular formula is C15H22BrNO. The van der Waals surface area contributed by atoms with E-state index in [0.717, 1.165) is 29.9 Å². The largest absolute Gasteiger partial charge is 0.492 e. The van der Waals surface area contributed by atoms with E-state index in [-0.39, 0.29) is 0 Å². The van der Waals surface area contributed by atoms with E-state index in [4.69, 9.17) is 4.74 Å². The molecule has 1 fully saturated rings. The van der Waals surface area contributed by atoms with E-state index in [1.165, 1.54) is 25.7 Å². The first-order chi connectivity index (χ1) is 8.74. The Labute approximate surface area is 118 Å². The Morgan fingerprint density at radius 3 is 2.83 bits per heavy atom. The molecule has 100 valence electrons. The van der Waals surface area contributed by atoms with Gasteiger partial charge in [0, 0.05) is 17.6 Å². The lowest BCUT2D eigenvalue weighted by Crippen LogP contribution is -2.40. The van der Waals surface area contributed by atoms with Crippen LogP contribution in [0, 0.1) is 5.41 Å². The summed E-state index contributed by atoms with van der Waals surface area (Å²) in [5.41, 5.74) is 0.593. The molecule has 0 aromatic heterocycles. The first kappa shape index (κ1) is 13.9. The van der Waals surface area contributed by atoms with Gasteiger partial charge in [-0.1, -0.05) is 35.3 Å². The van der Waals surface area contributed by atoms with Crippen molar-refractivity contribution in [1.82, 2.24) is 5.32 Å². The van der Waals surface area contributed by atoms with Crippen molar-refractivity contribution in [2.75, 3.05) is 19.7 Å². The summed E-state index contributed by atoms with van der Waals surface area (Å²) in [7, 11) is 0. The Balaban J connectivity index is 1.61. The van der Waals surface area contributed by atoms with E-state index in [0.29, 0.717) is 5.41 Å². The van der Waals surface area contributed by atoms with Crippen molar-refractivity contribution in [2.45, 2.75) is 32.6 Å². The summed E-state index contributed by atoms with van der Waals surface area (Å²) < 4.78 is 6.76. The van der Waals surface area contributed by atoms with Crippen molar-refractivity contribution < 1.29 is 4.74 Å². The highest BCUT2D eigenvalue weighted by atomic mass is 79.9. The van der Waals surface area contributed by atoms with Crippen molar-refractivity contribution >= 4 is 15.9 Å². The van der Waals surface area contributed by atoms with E-state index >= 15 is 0 Å². The molecule has 1 N–H and O–H groups in total. The number of rotatable bonds is 7. The summed E-state index contributed by atoms with van der Waals surface area (Å²) in [4.78, 5) is 0. The van der Waals surface area contributed by atoms with E-state index in [2.05, 4.69) is 28.2 Å². The van der Waals surface area contributed by atoms with E-state index in [1.54, 1.807) is 0 Å². The zero-order valence-electron chi connectivity index (χ0n) is 11.0. The number of hydrogen-bond acceptors (Lipinski definition) is 2. The number of hydrogen-bond donors (Lipinski definition) is 1. The lowest BCUT2D eigenvalue weighted by atomic mass is 9.67. The zero-order chi connectivity index (χ0) is 12.8. The van der Waals surface area contributed by atoms with Gasteiger partial charge in [-0.05, 0) is 42.9 Å². The molecule has 2 nitrogen and oxygen atoms in total. The van der Waals surface area contributed by atoms with Gasteiger partial charge in [-0.2, -0.15) is 0 Å². The lowest BCUT2D eigenvalue weighted by molar-refractivity contribution is 0.122. The fourth-order valence-corrected chi connectivity index (χ4v) is 2.86. The second-order valence-electron chi connectivity index (χ2n) is 5.19. The minimum atomic E-state index is 0.593. The molecule has 1 aliphatic rings. The first-order valence-corrected chi connectivity index (χ1v) is 7.62. The van der Waals surface area contributed by atoms with Crippen LogP contribution >= 0.6 is 15.9 Å². The number of halogens is 1. The van der Waals surface area contributed by atoms with Crippen LogP contribution in [0.1, 0.15) is 32.6 Å². The third-order valence-corrected chi connectivity index (χ3v) is 4.50. The Hall–Kier alpha value is -0.540. The quantitative estimate of drug-likeness (QED) is 0.769. The monoisotopic (exact) mass is 311 g/mol. The van der Waals surface area contributed by atoms with Crippen molar-refractivity contribution in [3.63, 3.8) is 0 Å². The Morgan fingerprint density at radius 2 is 2.22 bits per heavy atom. The van der Waals surface area contributed by atoms with Gasteiger partial charge in [0.2, 0.25) is 0 Å². The lowest BCUT2D eigenvalue weighted by Gasteiger charge is -2.41. The van der Waals surface area contributed by atoms with Crippen LogP contribution in [0.3, 0.4) is 0 Å². The summed E-state index contributed by atoms with van der Waals surface area (Å²) in [5.74, 6) is 0.931. The molecule has 18 heavy (non-hydrogen) atoms. The third kappa shape index (κ3) is 3.72. The molecule has 0 heterocycles. The predicted octanol–water partition coefficient (Wildman–Crippen LogP) is 4.00. The summed E-state index contributed by atoms with van der Waals surface area (Å²) in [6.45, 7) is 5.11. The molecule has 0 spiro atoms. The maximum Gasteiger partial charge on any atom is 0.120 e. The van der Waals surface area contributed by atoms with Gasteiger partial charge in [-0.25, -0.2) is 0 Å². The molecule has 0 bridgehead atoms. The average molecular weight is 312 g/mol. The zero-order valence-corrected chi connectivity index (χ0v) is 12.6. The highest BCUT2D eigenvalue weighted by Crippen LogP contribution is 2.42. The summed E-state index contributed by atoms with van der Waals surface area (Å²) in [6, 6.07) is 7.99. The molecular weight excluding hydrogens is 290 g/mol. The summed E-state index contributed by atoms with van der Waals surface area (Å²) in [6.07, 6.45) is 5.49. The SMILES string of the molecule is CCC1(CNCCOc2cccc(Br)c2)CCC1. The molecule has 0 aliphatic heterocycles. The number of ether oxygens (including phenoxy) is 1. The van der Waals surface area contributed by atoms with Gasteiger partial charge in [0.15, 0.2) is 0 Å². The van der Waals surface area contributed by atoms with Gasteiger partial charge in [0.05, 0.1) is 0 Å². The normalized spacial score (nSPS) is 17.2. The number of benzene rings is 1. The van der Waals surface area contributed by atoms with Crippen LogP contribution in [-0.4, -0.2) is 19.7 Å². The molecule has 1 aromatic carbocycles. The predicted molar refractivity (Wildman–Crippen MR) is 79.1 cm³/mol. The molecule has 1 saturated carbocycles. The molecule has 0 amide bonds. The van der Waals surface area contributed by atoms with Gasteiger partial charge in [-0.15, -0.1) is 0 Å². The van der Waals surface area contributed by atoms with Crippen LogP contribution in [0.4, 0.5) is 0 Å². The van der Waals surface area contributed by atoms with Crippen LogP contribution in [0.25, 0.3) is 0 Å². The highest BCUT2D eigenvalue weighted by molar-refractivity contribution is 9.10. The van der Waals surface area contributed by atoms with Crippen molar-refractivity contribution in [2.24, 2.45) is 5.41 Å². The maximum atomic E-state index is 5.69. The molecule has 3 heteroatoms. The van der Waals surface area contributed by atoms with Crippen LogP contribution in [0.5, 0.6) is 5.75 Å². The maximum absolute atomic E-state index is 5.69. The van der Waals surface area contributed by atoms with Crippen LogP contribution in [0.2, 0.25) is 0 Å². The molecule has 1 aromatic rings. The number of nitrogens with one attached hydrogen (secondary N) is 1. The summed E-state index contributed by atoms with van der Waals surface area (Å²) >= 11 is 3.44. The van der Waals surface area contributed by atoms with Crippen molar-refractivity contribution in [3.05, 3.63) is 28.7 Å². The van der Waals surface area contributed by atoms with Gasteiger partial charge >= 0.3 is 0 Å². The molecule has 0 atom stereocenters. The van der Waals surface area contributed by atoms with Gasteiger partial charge < -0.3 is 10.1 Å². The van der Waals surface area contributed by atoms with E-state index < -0.39 is 0 Å². The van der Waals surface area contributed by atoms with Crippen LogP contribution in [-0.2, 0) is 0 Å². The summed E-state index contributed by atoms with van der Waals surface area (Å²) in [5, 5.41) is 3.53. The minimum absolute atomic E-state index is 0.593. The van der Waals surface area contributed by atoms with Crippen LogP contribution < -0.4 is 10.1 Å². The Morgan fingerprint density at radius 1 is 1.39 bits per heavy atom. The third-order valence-electron chi connectivity index (χ3n) is 4.01. The highest BCUT2D eigenvalue weighted by Gasteiger charge is 2.34. The second kappa shape index (κ2) is 6.58. The van der Waals surface area contributed by atoms with Gasteiger partial charge in [0.25, 0.3) is 0 Å². The van der Waals surface area contributed by atoms with Crippen molar-refractivity contribution in [3.8, 4) is 5.75 Å². The Kier molecular flexibility index (Phi) is 5.07. The smallest absolute Gasteiger partial charge is 0.120 e. The van der Waals surface area contributed by atoms with E-state index in [9.17, 15) is 0 Å². The first-order valence-electron chi connectivity index (χ1n) is 6.83. The molecule has 1 aliphatic carbocycles. The Bertz CT molecular complexity index is 371. The van der Waals surface area contributed by atoms with Crippen LogP contribution in [0.15, 0.2) is 28.7 Å². The van der Waals surface area contributed by atoms with Gasteiger partial charge in [0.1, 0.15) is 12.4 Å². The standard InChI is InChI=1S/C15H22BrNO/c1-2-15(7-4-8-15)12-17-9-10-18-14-6-3-5-13(16)11-14/h3,5-6,11,17H,2,4,7-10,12H2,1H3. The van der Waals surface area contributed by atoms with Crippen molar-refractivity contribution in [1.29, 1.82) is 0 Å². The van der Waals surface area contributed by atoms with Gasteiger partial charge in [-0.3, -0.25) is 0 Å². The van der Waals surface area contributed by atoms with E-state index in [1.807, 2.05) is 24.3 Å². The molecule has 2 rings (SSSR count). The molecule has 0 saturated heterocycles. The molecule has 0 unspecified atom stereocenters. The fraction of sp³-hybridized carbons (Fsp3) is 0.600. The minimum Gasteiger partial charge on any atom is -0.492 e. The second-order valence-corrected chi connectivity index (χ2v) is 6.11. The topological polar surface area (TPSA) is 21.3 Å². The average Bonchev–Trinajstić information content (AvgIpc) is 2.32. The fourth-order valence-electron chi connectivity index (χ4n) is 2.48. The molecule has 0 radical (unpaired) electrons.